The maximum atomic E-state index is 13.5. The highest BCUT2D eigenvalue weighted by Gasteiger charge is 2.29. The SMILES string of the molecule is Cc1nc(-c2ccc(F)cc2)c(-c2ccncc2)n1CC(=O)N1CCN(C(=O)OC(C)(C)C)CC1. The van der Waals surface area contributed by atoms with E-state index in [0.29, 0.717) is 37.7 Å². The van der Waals surface area contributed by atoms with Crippen LogP contribution in [0.25, 0.3) is 22.5 Å². The third-order valence-electron chi connectivity index (χ3n) is 5.81. The average molecular weight is 480 g/mol. The van der Waals surface area contributed by atoms with Gasteiger partial charge in [-0.05, 0) is 64.1 Å². The Morgan fingerprint density at radius 3 is 2.14 bits per heavy atom. The molecule has 1 fully saturated rings. The largest absolute Gasteiger partial charge is 0.444 e. The zero-order chi connectivity index (χ0) is 25.2. The van der Waals surface area contributed by atoms with Crippen molar-refractivity contribution in [3.63, 3.8) is 0 Å². The third-order valence-corrected chi connectivity index (χ3v) is 5.81. The highest BCUT2D eigenvalue weighted by atomic mass is 19.1. The summed E-state index contributed by atoms with van der Waals surface area (Å²) >= 11 is 0. The first-order valence-electron chi connectivity index (χ1n) is 11.6. The lowest BCUT2D eigenvalue weighted by atomic mass is 10.1. The zero-order valence-corrected chi connectivity index (χ0v) is 20.5. The molecule has 0 bridgehead atoms. The van der Waals surface area contributed by atoms with Gasteiger partial charge in [0.1, 0.15) is 23.8 Å². The summed E-state index contributed by atoms with van der Waals surface area (Å²) in [6.07, 6.45) is 3.02. The number of rotatable bonds is 4. The highest BCUT2D eigenvalue weighted by molar-refractivity contribution is 5.82. The van der Waals surface area contributed by atoms with Gasteiger partial charge in [0, 0.05) is 49.7 Å². The van der Waals surface area contributed by atoms with E-state index in [1.807, 2.05) is 44.4 Å². The fourth-order valence-electron chi connectivity index (χ4n) is 4.07. The normalized spacial score (nSPS) is 14.2. The Kier molecular flexibility index (Phi) is 6.86. The molecule has 184 valence electrons. The first kappa shape index (κ1) is 24.4. The molecule has 0 spiro atoms. The molecule has 2 aromatic heterocycles. The predicted molar refractivity (Wildman–Crippen MR) is 130 cm³/mol. The molecule has 0 radical (unpaired) electrons. The molecule has 0 saturated carbocycles. The van der Waals surface area contributed by atoms with Gasteiger partial charge < -0.3 is 19.1 Å². The summed E-state index contributed by atoms with van der Waals surface area (Å²) in [5.41, 5.74) is 2.52. The van der Waals surface area contributed by atoms with Crippen LogP contribution in [0.5, 0.6) is 0 Å². The van der Waals surface area contributed by atoms with E-state index in [1.54, 1.807) is 34.3 Å². The summed E-state index contributed by atoms with van der Waals surface area (Å²) in [6.45, 7) is 9.15. The van der Waals surface area contributed by atoms with Crippen LogP contribution in [0.15, 0.2) is 48.8 Å². The minimum Gasteiger partial charge on any atom is -0.444 e. The number of hydrogen-bond acceptors (Lipinski definition) is 5. The molecule has 0 N–H and O–H groups in total. The molecule has 0 atom stereocenters. The molecule has 2 amide bonds. The molecule has 0 unspecified atom stereocenters. The molecular formula is C26H30FN5O3. The summed E-state index contributed by atoms with van der Waals surface area (Å²) in [7, 11) is 0. The van der Waals surface area contributed by atoms with Crippen LogP contribution in [0.1, 0.15) is 26.6 Å². The lowest BCUT2D eigenvalue weighted by Crippen LogP contribution is -2.52. The van der Waals surface area contributed by atoms with Crippen molar-refractivity contribution in [3.8, 4) is 22.5 Å². The Morgan fingerprint density at radius 2 is 1.54 bits per heavy atom. The lowest BCUT2D eigenvalue weighted by Gasteiger charge is -2.35. The van der Waals surface area contributed by atoms with Gasteiger partial charge >= 0.3 is 6.09 Å². The summed E-state index contributed by atoms with van der Waals surface area (Å²) in [4.78, 5) is 37.9. The number of pyridine rings is 1. The molecule has 1 saturated heterocycles. The smallest absolute Gasteiger partial charge is 0.410 e. The fraction of sp³-hybridized carbons (Fsp3) is 0.385. The van der Waals surface area contributed by atoms with Crippen LogP contribution < -0.4 is 0 Å². The predicted octanol–water partition coefficient (Wildman–Crippen LogP) is 4.14. The minimum atomic E-state index is -0.561. The molecule has 0 aliphatic carbocycles. The van der Waals surface area contributed by atoms with Gasteiger partial charge in [0.2, 0.25) is 5.91 Å². The van der Waals surface area contributed by atoms with Gasteiger partial charge in [-0.15, -0.1) is 0 Å². The van der Waals surface area contributed by atoms with Gasteiger partial charge in [-0.25, -0.2) is 14.2 Å². The number of hydrogen-bond donors (Lipinski definition) is 0. The molecule has 3 aromatic rings. The first-order chi connectivity index (χ1) is 16.6. The second kappa shape index (κ2) is 9.85. The molecular weight excluding hydrogens is 449 g/mol. The van der Waals surface area contributed by atoms with Crippen LogP contribution in [0, 0.1) is 12.7 Å². The summed E-state index contributed by atoms with van der Waals surface area (Å²) in [5, 5.41) is 0. The van der Waals surface area contributed by atoms with Crippen molar-refractivity contribution in [1.82, 2.24) is 24.3 Å². The second-order valence-electron chi connectivity index (χ2n) is 9.53. The Morgan fingerprint density at radius 1 is 0.943 bits per heavy atom. The van der Waals surface area contributed by atoms with Gasteiger partial charge in [-0.1, -0.05) is 0 Å². The fourth-order valence-corrected chi connectivity index (χ4v) is 4.07. The van der Waals surface area contributed by atoms with Crippen molar-refractivity contribution in [2.75, 3.05) is 26.2 Å². The monoisotopic (exact) mass is 479 g/mol. The first-order valence-corrected chi connectivity index (χ1v) is 11.6. The van der Waals surface area contributed by atoms with E-state index in [9.17, 15) is 14.0 Å². The lowest BCUT2D eigenvalue weighted by molar-refractivity contribution is -0.133. The maximum Gasteiger partial charge on any atom is 0.410 e. The summed E-state index contributed by atoms with van der Waals surface area (Å²) in [6, 6.07) is 9.90. The zero-order valence-electron chi connectivity index (χ0n) is 20.5. The Bertz CT molecular complexity index is 1190. The van der Waals surface area contributed by atoms with Crippen LogP contribution in [-0.4, -0.2) is 68.1 Å². The standard InChI is InChI=1S/C26H30FN5O3/c1-18-29-23(19-5-7-21(27)8-6-19)24(20-9-11-28-12-10-20)32(18)17-22(33)30-13-15-31(16-14-30)25(34)35-26(2,3)4/h5-12H,13-17H2,1-4H3. The van der Waals surface area contributed by atoms with Gasteiger partial charge in [-0.3, -0.25) is 9.78 Å². The second-order valence-corrected chi connectivity index (χ2v) is 9.53. The molecule has 1 aliphatic heterocycles. The minimum absolute atomic E-state index is 0.0599. The van der Waals surface area contributed by atoms with Crippen molar-refractivity contribution >= 4 is 12.0 Å². The Balaban J connectivity index is 1.55. The number of imidazole rings is 1. The van der Waals surface area contributed by atoms with Crippen molar-refractivity contribution in [3.05, 3.63) is 60.4 Å². The third kappa shape index (κ3) is 5.67. The van der Waals surface area contributed by atoms with Gasteiger partial charge in [-0.2, -0.15) is 0 Å². The van der Waals surface area contributed by atoms with Gasteiger partial charge in [0.05, 0.1) is 11.4 Å². The number of aromatic nitrogens is 3. The number of halogens is 1. The van der Waals surface area contributed by atoms with Crippen molar-refractivity contribution in [1.29, 1.82) is 0 Å². The number of benzene rings is 1. The van der Waals surface area contributed by atoms with Crippen molar-refractivity contribution < 1.29 is 18.7 Å². The van der Waals surface area contributed by atoms with Crippen LogP contribution >= 0.6 is 0 Å². The number of aryl methyl sites for hydroxylation is 1. The van der Waals surface area contributed by atoms with Crippen LogP contribution in [0.2, 0.25) is 0 Å². The topological polar surface area (TPSA) is 80.6 Å². The molecule has 3 heterocycles. The number of amides is 2. The molecule has 1 aliphatic rings. The van der Waals surface area contributed by atoms with E-state index >= 15 is 0 Å². The number of nitrogens with zero attached hydrogens (tertiary/aromatic N) is 5. The van der Waals surface area contributed by atoms with Crippen LogP contribution in [0.4, 0.5) is 9.18 Å². The molecule has 1 aromatic carbocycles. The van der Waals surface area contributed by atoms with E-state index < -0.39 is 5.60 Å². The number of ether oxygens (including phenoxy) is 1. The highest BCUT2D eigenvalue weighted by Crippen LogP contribution is 2.33. The number of piperazine rings is 1. The quantitative estimate of drug-likeness (QED) is 0.562. The summed E-state index contributed by atoms with van der Waals surface area (Å²) in [5.74, 6) is 0.295. The van der Waals surface area contributed by atoms with E-state index in [0.717, 1.165) is 16.8 Å². The van der Waals surface area contributed by atoms with Crippen LogP contribution in [-0.2, 0) is 16.1 Å². The van der Waals surface area contributed by atoms with Crippen molar-refractivity contribution in [2.24, 2.45) is 0 Å². The molecule has 8 nitrogen and oxygen atoms in total. The Hall–Kier alpha value is -3.75. The molecule has 35 heavy (non-hydrogen) atoms. The maximum absolute atomic E-state index is 13.5. The van der Waals surface area contributed by atoms with E-state index in [1.165, 1.54) is 12.1 Å². The van der Waals surface area contributed by atoms with Crippen LogP contribution in [0.3, 0.4) is 0 Å². The van der Waals surface area contributed by atoms with E-state index in [-0.39, 0.29) is 24.4 Å². The van der Waals surface area contributed by atoms with Crippen molar-refractivity contribution in [2.45, 2.75) is 39.8 Å². The number of carbonyl (C=O) groups excluding carboxylic acids is 2. The Labute approximate surface area is 204 Å². The van der Waals surface area contributed by atoms with Gasteiger partial charge in [0.25, 0.3) is 0 Å². The molecule has 9 heteroatoms. The molecule has 4 rings (SSSR count). The van der Waals surface area contributed by atoms with E-state index in [4.69, 9.17) is 9.72 Å². The summed E-state index contributed by atoms with van der Waals surface area (Å²) < 4.78 is 20.9. The average Bonchev–Trinajstić information content (AvgIpc) is 3.15. The number of carbonyl (C=O) groups is 2. The van der Waals surface area contributed by atoms with E-state index in [2.05, 4.69) is 4.98 Å². The van der Waals surface area contributed by atoms with Gasteiger partial charge in [0.15, 0.2) is 0 Å².